The van der Waals surface area contributed by atoms with Crippen molar-refractivity contribution in [3.63, 3.8) is 0 Å². The molecule has 0 fully saturated rings. The molecule has 2 atom stereocenters. The smallest absolute Gasteiger partial charge is 0.234 e. The molecule has 0 aliphatic rings. The lowest BCUT2D eigenvalue weighted by atomic mass is 10.1. The predicted molar refractivity (Wildman–Crippen MR) is 86.4 cm³/mol. The largest absolute Gasteiger partial charge is 0.392 e. The first kappa shape index (κ1) is 18.0. The molecule has 2 unspecified atom stereocenters. The van der Waals surface area contributed by atoms with Crippen LogP contribution in [-0.4, -0.2) is 41.1 Å². The third kappa shape index (κ3) is 6.46. The molecule has 5 heteroatoms. The van der Waals surface area contributed by atoms with E-state index in [1.807, 2.05) is 49.9 Å². The number of nitrogens with zero attached hydrogens (tertiary/aromatic N) is 1. The van der Waals surface area contributed by atoms with Gasteiger partial charge in [0.1, 0.15) is 0 Å². The maximum atomic E-state index is 12.1. The van der Waals surface area contributed by atoms with Crippen LogP contribution >= 0.6 is 11.6 Å². The van der Waals surface area contributed by atoms with Gasteiger partial charge in [-0.3, -0.25) is 9.69 Å². The molecule has 2 N–H and O–H groups in total. The molecule has 0 aromatic heterocycles. The van der Waals surface area contributed by atoms with Crippen LogP contribution in [0.1, 0.15) is 39.3 Å². The number of aliphatic hydroxyl groups excluding tert-OH is 1. The monoisotopic (exact) mass is 312 g/mol. The Kier molecular flexibility index (Phi) is 7.15. The molecule has 1 amide bonds. The third-order valence-corrected chi connectivity index (χ3v) is 3.58. The van der Waals surface area contributed by atoms with Crippen LogP contribution in [0.15, 0.2) is 24.3 Å². The Morgan fingerprint density at radius 3 is 2.29 bits per heavy atom. The first-order valence-corrected chi connectivity index (χ1v) is 7.64. The molecule has 0 spiro atoms. The second-order valence-corrected chi connectivity index (χ2v) is 6.15. The summed E-state index contributed by atoms with van der Waals surface area (Å²) in [6, 6.07) is 7.57. The van der Waals surface area contributed by atoms with Crippen LogP contribution in [-0.2, 0) is 4.79 Å². The van der Waals surface area contributed by atoms with E-state index in [1.54, 1.807) is 6.92 Å². The van der Waals surface area contributed by atoms with E-state index in [1.165, 1.54) is 0 Å². The Morgan fingerprint density at radius 2 is 1.81 bits per heavy atom. The van der Waals surface area contributed by atoms with E-state index in [-0.39, 0.29) is 24.5 Å². The number of nitrogens with one attached hydrogen (secondary N) is 1. The molecule has 118 valence electrons. The maximum absolute atomic E-state index is 12.1. The van der Waals surface area contributed by atoms with Gasteiger partial charge in [-0.25, -0.2) is 0 Å². The molecule has 0 saturated carbocycles. The highest BCUT2D eigenvalue weighted by molar-refractivity contribution is 6.30. The van der Waals surface area contributed by atoms with E-state index in [9.17, 15) is 9.90 Å². The normalized spacial score (nSPS) is 14.3. The number of carbonyl (C=O) groups excluding carboxylic acids is 1. The minimum absolute atomic E-state index is 0.0493. The fourth-order valence-electron chi connectivity index (χ4n) is 2.10. The van der Waals surface area contributed by atoms with Crippen molar-refractivity contribution < 1.29 is 9.90 Å². The SMILES string of the molecule is CC(O)CN(CC(=O)NC(C)c1ccc(Cl)cc1)C(C)C. The number of hydrogen-bond acceptors (Lipinski definition) is 3. The third-order valence-electron chi connectivity index (χ3n) is 3.32. The maximum Gasteiger partial charge on any atom is 0.234 e. The average Bonchev–Trinajstić information content (AvgIpc) is 2.37. The summed E-state index contributed by atoms with van der Waals surface area (Å²) in [5, 5.41) is 13.1. The molecule has 1 aromatic carbocycles. The Morgan fingerprint density at radius 1 is 1.24 bits per heavy atom. The van der Waals surface area contributed by atoms with E-state index < -0.39 is 6.10 Å². The molecule has 4 nitrogen and oxygen atoms in total. The number of carbonyl (C=O) groups is 1. The highest BCUT2D eigenvalue weighted by Gasteiger charge is 2.17. The molecule has 0 bridgehead atoms. The second-order valence-electron chi connectivity index (χ2n) is 5.71. The molecular weight excluding hydrogens is 288 g/mol. The highest BCUT2D eigenvalue weighted by Crippen LogP contribution is 2.16. The molecule has 21 heavy (non-hydrogen) atoms. The number of hydrogen-bond donors (Lipinski definition) is 2. The number of amides is 1. The molecule has 0 heterocycles. The van der Waals surface area contributed by atoms with Crippen LogP contribution in [0.3, 0.4) is 0 Å². The molecule has 0 saturated heterocycles. The van der Waals surface area contributed by atoms with Gasteiger partial charge in [-0.1, -0.05) is 23.7 Å². The van der Waals surface area contributed by atoms with Gasteiger partial charge in [-0.15, -0.1) is 0 Å². The average molecular weight is 313 g/mol. The molecule has 0 aliphatic carbocycles. The van der Waals surface area contributed by atoms with Gasteiger partial charge in [-0.05, 0) is 45.4 Å². The summed E-state index contributed by atoms with van der Waals surface area (Å²) in [6.07, 6.45) is -0.450. The standard InChI is InChI=1S/C16H25ClN2O2/c1-11(2)19(9-12(3)20)10-16(21)18-13(4)14-5-7-15(17)8-6-14/h5-8,11-13,20H,9-10H2,1-4H3,(H,18,21). The minimum Gasteiger partial charge on any atom is -0.392 e. The summed E-state index contributed by atoms with van der Waals surface area (Å²) in [7, 11) is 0. The lowest BCUT2D eigenvalue weighted by Crippen LogP contribution is -2.44. The van der Waals surface area contributed by atoms with Crippen molar-refractivity contribution in [3.8, 4) is 0 Å². The Balaban J connectivity index is 2.57. The number of halogens is 1. The summed E-state index contributed by atoms with van der Waals surface area (Å²) in [5.41, 5.74) is 1.01. The Bertz CT molecular complexity index is 446. The summed E-state index contributed by atoms with van der Waals surface area (Å²) in [6.45, 7) is 8.45. The van der Waals surface area contributed by atoms with E-state index in [0.717, 1.165) is 5.56 Å². The van der Waals surface area contributed by atoms with Crippen molar-refractivity contribution in [2.75, 3.05) is 13.1 Å². The number of rotatable bonds is 7. The van der Waals surface area contributed by atoms with Crippen molar-refractivity contribution in [2.24, 2.45) is 0 Å². The summed E-state index contributed by atoms with van der Waals surface area (Å²) < 4.78 is 0. The van der Waals surface area contributed by atoms with Crippen molar-refractivity contribution in [2.45, 2.75) is 45.9 Å². The van der Waals surface area contributed by atoms with Gasteiger partial charge in [0.05, 0.1) is 18.7 Å². The van der Waals surface area contributed by atoms with Gasteiger partial charge in [0.2, 0.25) is 5.91 Å². The summed E-state index contributed by atoms with van der Waals surface area (Å²) in [5.74, 6) is -0.0493. The van der Waals surface area contributed by atoms with Crippen LogP contribution in [0.5, 0.6) is 0 Å². The Hall–Kier alpha value is -1.10. The van der Waals surface area contributed by atoms with Crippen molar-refractivity contribution in [1.29, 1.82) is 0 Å². The summed E-state index contributed by atoms with van der Waals surface area (Å²) in [4.78, 5) is 14.1. The van der Waals surface area contributed by atoms with Gasteiger partial charge in [0.15, 0.2) is 0 Å². The molecule has 0 aliphatic heterocycles. The molecular formula is C16H25ClN2O2. The first-order valence-electron chi connectivity index (χ1n) is 7.26. The van der Waals surface area contributed by atoms with Crippen LogP contribution in [0.4, 0.5) is 0 Å². The van der Waals surface area contributed by atoms with Gasteiger partial charge in [-0.2, -0.15) is 0 Å². The Labute approximate surface area is 132 Å². The van der Waals surface area contributed by atoms with Gasteiger partial charge >= 0.3 is 0 Å². The zero-order chi connectivity index (χ0) is 16.0. The van der Waals surface area contributed by atoms with Crippen molar-refractivity contribution in [3.05, 3.63) is 34.9 Å². The highest BCUT2D eigenvalue weighted by atomic mass is 35.5. The van der Waals surface area contributed by atoms with Crippen LogP contribution < -0.4 is 5.32 Å². The van der Waals surface area contributed by atoms with E-state index in [4.69, 9.17) is 11.6 Å². The fraction of sp³-hybridized carbons (Fsp3) is 0.562. The van der Waals surface area contributed by atoms with E-state index >= 15 is 0 Å². The van der Waals surface area contributed by atoms with Gasteiger partial charge in [0.25, 0.3) is 0 Å². The zero-order valence-corrected chi connectivity index (χ0v) is 13.9. The number of aliphatic hydroxyl groups is 1. The molecule has 0 radical (unpaired) electrons. The van der Waals surface area contributed by atoms with Gasteiger partial charge in [0, 0.05) is 17.6 Å². The lowest BCUT2D eigenvalue weighted by Gasteiger charge is -2.27. The van der Waals surface area contributed by atoms with Crippen molar-refractivity contribution in [1.82, 2.24) is 10.2 Å². The second kappa shape index (κ2) is 8.37. The molecule has 1 aromatic rings. The van der Waals surface area contributed by atoms with Crippen LogP contribution in [0, 0.1) is 0 Å². The van der Waals surface area contributed by atoms with Gasteiger partial charge < -0.3 is 10.4 Å². The number of benzene rings is 1. The first-order chi connectivity index (χ1) is 9.79. The summed E-state index contributed by atoms with van der Waals surface area (Å²) >= 11 is 5.86. The molecule has 1 rings (SSSR count). The van der Waals surface area contributed by atoms with Crippen LogP contribution in [0.25, 0.3) is 0 Å². The van der Waals surface area contributed by atoms with E-state index in [0.29, 0.717) is 11.6 Å². The minimum atomic E-state index is -0.450. The topological polar surface area (TPSA) is 52.6 Å². The van der Waals surface area contributed by atoms with Crippen LogP contribution in [0.2, 0.25) is 5.02 Å². The predicted octanol–water partition coefficient (Wildman–Crippen LogP) is 2.61. The zero-order valence-electron chi connectivity index (χ0n) is 13.1. The quantitative estimate of drug-likeness (QED) is 0.813. The van der Waals surface area contributed by atoms with Crippen molar-refractivity contribution >= 4 is 17.5 Å². The fourth-order valence-corrected chi connectivity index (χ4v) is 2.23. The lowest BCUT2D eigenvalue weighted by molar-refractivity contribution is -0.123. The van der Waals surface area contributed by atoms with E-state index in [2.05, 4.69) is 5.32 Å².